The van der Waals surface area contributed by atoms with Crippen molar-refractivity contribution >= 4 is 0 Å². The number of hydrogen-bond acceptors (Lipinski definition) is 3. The van der Waals surface area contributed by atoms with Crippen molar-refractivity contribution in [3.63, 3.8) is 0 Å². The highest BCUT2D eigenvalue weighted by Gasteiger charge is 2.25. The van der Waals surface area contributed by atoms with Crippen molar-refractivity contribution in [3.05, 3.63) is 35.9 Å². The fraction of sp³-hybridized carbons (Fsp3) is 0.600. The average molecular weight is 249 g/mol. The van der Waals surface area contributed by atoms with Gasteiger partial charge in [-0.25, -0.2) is 0 Å². The lowest BCUT2D eigenvalue weighted by atomic mass is 10.0. The first-order valence-electron chi connectivity index (χ1n) is 6.85. The first-order valence-corrected chi connectivity index (χ1v) is 6.85. The lowest BCUT2D eigenvalue weighted by Gasteiger charge is -2.34. The number of nitrogens with zero attached hydrogens (tertiary/aromatic N) is 1. The molecule has 18 heavy (non-hydrogen) atoms. The van der Waals surface area contributed by atoms with Crippen LogP contribution in [0.3, 0.4) is 0 Å². The molecule has 1 aliphatic rings. The highest BCUT2D eigenvalue weighted by atomic mass is 16.5. The third kappa shape index (κ3) is 3.80. The summed E-state index contributed by atoms with van der Waals surface area (Å²) in [4.78, 5) is 2.33. The number of morpholine rings is 1. The molecule has 1 heterocycles. The van der Waals surface area contributed by atoms with Crippen LogP contribution in [-0.2, 0) is 11.2 Å². The first-order chi connectivity index (χ1) is 8.79. The predicted octanol–water partition coefficient (Wildman–Crippen LogP) is 1.70. The Hall–Kier alpha value is -0.900. The lowest BCUT2D eigenvalue weighted by molar-refractivity contribution is -0.0890. The van der Waals surface area contributed by atoms with Crippen LogP contribution in [0.2, 0.25) is 0 Å². The molecule has 1 N–H and O–H groups in total. The number of aryl methyl sites for hydroxylation is 1. The number of benzene rings is 1. The first kappa shape index (κ1) is 13.5. The van der Waals surface area contributed by atoms with Gasteiger partial charge < -0.3 is 9.84 Å². The molecule has 0 aromatic heterocycles. The molecule has 1 aromatic carbocycles. The van der Waals surface area contributed by atoms with Crippen LogP contribution in [0.15, 0.2) is 30.3 Å². The Morgan fingerprint density at radius 3 is 2.89 bits per heavy atom. The van der Waals surface area contributed by atoms with Crippen LogP contribution in [0.5, 0.6) is 0 Å². The van der Waals surface area contributed by atoms with Crippen LogP contribution in [0.1, 0.15) is 18.9 Å². The van der Waals surface area contributed by atoms with Crippen LogP contribution >= 0.6 is 0 Å². The minimum absolute atomic E-state index is 0.0255. The molecule has 2 rings (SSSR count). The SMILES string of the molecule is CCN1CCOC(C(O)CCc2ccccc2)C1. The normalized spacial score (nSPS) is 22.9. The molecule has 0 aliphatic carbocycles. The summed E-state index contributed by atoms with van der Waals surface area (Å²) in [6.07, 6.45) is 1.29. The van der Waals surface area contributed by atoms with Crippen molar-refractivity contribution < 1.29 is 9.84 Å². The summed E-state index contributed by atoms with van der Waals surface area (Å²) in [5, 5.41) is 10.2. The van der Waals surface area contributed by atoms with E-state index in [-0.39, 0.29) is 12.2 Å². The molecule has 3 heteroatoms. The maximum absolute atomic E-state index is 10.2. The molecule has 0 amide bonds. The van der Waals surface area contributed by atoms with Crippen molar-refractivity contribution in [1.82, 2.24) is 4.90 Å². The number of ether oxygens (including phenoxy) is 1. The van der Waals surface area contributed by atoms with Crippen LogP contribution in [0.25, 0.3) is 0 Å². The van der Waals surface area contributed by atoms with E-state index in [1.807, 2.05) is 18.2 Å². The van der Waals surface area contributed by atoms with E-state index >= 15 is 0 Å². The monoisotopic (exact) mass is 249 g/mol. The van der Waals surface area contributed by atoms with Crippen LogP contribution in [-0.4, -0.2) is 48.5 Å². The highest BCUT2D eigenvalue weighted by Crippen LogP contribution is 2.13. The summed E-state index contributed by atoms with van der Waals surface area (Å²) in [6, 6.07) is 10.3. The quantitative estimate of drug-likeness (QED) is 0.862. The molecule has 1 aromatic rings. The van der Waals surface area contributed by atoms with Gasteiger partial charge in [0.15, 0.2) is 0 Å². The zero-order chi connectivity index (χ0) is 12.8. The van der Waals surface area contributed by atoms with E-state index < -0.39 is 0 Å². The number of hydrogen-bond donors (Lipinski definition) is 1. The number of aliphatic hydroxyl groups is 1. The van der Waals surface area contributed by atoms with Gasteiger partial charge in [0.2, 0.25) is 0 Å². The van der Waals surface area contributed by atoms with Gasteiger partial charge >= 0.3 is 0 Å². The van der Waals surface area contributed by atoms with Crippen molar-refractivity contribution in [2.75, 3.05) is 26.2 Å². The minimum atomic E-state index is -0.362. The molecule has 0 radical (unpaired) electrons. The van der Waals surface area contributed by atoms with E-state index in [4.69, 9.17) is 4.74 Å². The summed E-state index contributed by atoms with van der Waals surface area (Å²) in [7, 11) is 0. The van der Waals surface area contributed by atoms with E-state index in [1.54, 1.807) is 0 Å². The number of likely N-dealkylation sites (N-methyl/N-ethyl adjacent to an activating group) is 1. The van der Waals surface area contributed by atoms with E-state index in [0.29, 0.717) is 0 Å². The summed E-state index contributed by atoms with van der Waals surface area (Å²) in [5.41, 5.74) is 1.28. The zero-order valence-electron chi connectivity index (χ0n) is 11.1. The molecule has 2 atom stereocenters. The molecule has 2 unspecified atom stereocenters. The van der Waals surface area contributed by atoms with Crippen molar-refractivity contribution in [3.8, 4) is 0 Å². The Kier molecular flexibility index (Phi) is 5.17. The molecule has 1 saturated heterocycles. The Labute approximate surface area is 109 Å². The van der Waals surface area contributed by atoms with E-state index in [9.17, 15) is 5.11 Å². The number of aliphatic hydroxyl groups excluding tert-OH is 1. The molecular weight excluding hydrogens is 226 g/mol. The van der Waals surface area contributed by atoms with Gasteiger partial charge in [-0.05, 0) is 24.9 Å². The van der Waals surface area contributed by atoms with Gasteiger partial charge in [-0.15, -0.1) is 0 Å². The van der Waals surface area contributed by atoms with Crippen LogP contribution in [0.4, 0.5) is 0 Å². The molecule has 1 aliphatic heterocycles. The fourth-order valence-corrected chi connectivity index (χ4v) is 2.40. The Morgan fingerprint density at radius 1 is 1.39 bits per heavy atom. The largest absolute Gasteiger partial charge is 0.390 e. The van der Waals surface area contributed by atoms with Gasteiger partial charge in [-0.2, -0.15) is 0 Å². The summed E-state index contributed by atoms with van der Waals surface area (Å²) in [5.74, 6) is 0. The molecule has 1 fully saturated rings. The minimum Gasteiger partial charge on any atom is -0.390 e. The smallest absolute Gasteiger partial charge is 0.0961 e. The van der Waals surface area contributed by atoms with Gasteiger partial charge in [-0.1, -0.05) is 37.3 Å². The van der Waals surface area contributed by atoms with Gasteiger partial charge in [0, 0.05) is 13.1 Å². The Bertz CT molecular complexity index is 342. The zero-order valence-corrected chi connectivity index (χ0v) is 11.1. The molecule has 100 valence electrons. The van der Waals surface area contributed by atoms with Crippen molar-refractivity contribution in [1.29, 1.82) is 0 Å². The third-order valence-corrected chi connectivity index (χ3v) is 3.63. The van der Waals surface area contributed by atoms with Crippen LogP contribution < -0.4 is 0 Å². The molecule has 0 bridgehead atoms. The van der Waals surface area contributed by atoms with Gasteiger partial charge in [0.05, 0.1) is 18.8 Å². The standard InChI is InChI=1S/C15H23NO2/c1-2-16-10-11-18-15(12-16)14(17)9-8-13-6-4-3-5-7-13/h3-7,14-15,17H,2,8-12H2,1H3. The molecular formula is C15H23NO2. The Morgan fingerprint density at radius 2 is 2.17 bits per heavy atom. The highest BCUT2D eigenvalue weighted by molar-refractivity contribution is 5.14. The van der Waals surface area contributed by atoms with E-state index in [1.165, 1.54) is 5.56 Å². The second kappa shape index (κ2) is 6.88. The van der Waals surface area contributed by atoms with Gasteiger partial charge in [0.25, 0.3) is 0 Å². The number of rotatable bonds is 5. The maximum atomic E-state index is 10.2. The Balaban J connectivity index is 1.79. The van der Waals surface area contributed by atoms with Gasteiger partial charge in [0.1, 0.15) is 0 Å². The third-order valence-electron chi connectivity index (χ3n) is 3.63. The maximum Gasteiger partial charge on any atom is 0.0961 e. The molecule has 0 saturated carbocycles. The predicted molar refractivity (Wildman–Crippen MR) is 72.6 cm³/mol. The lowest BCUT2D eigenvalue weighted by Crippen LogP contribution is -2.47. The van der Waals surface area contributed by atoms with E-state index in [2.05, 4.69) is 24.0 Å². The van der Waals surface area contributed by atoms with E-state index in [0.717, 1.165) is 39.1 Å². The molecule has 3 nitrogen and oxygen atoms in total. The fourth-order valence-electron chi connectivity index (χ4n) is 2.40. The van der Waals surface area contributed by atoms with Crippen molar-refractivity contribution in [2.45, 2.75) is 32.0 Å². The van der Waals surface area contributed by atoms with Crippen molar-refractivity contribution in [2.24, 2.45) is 0 Å². The second-order valence-corrected chi connectivity index (χ2v) is 4.89. The molecule has 0 spiro atoms. The van der Waals surface area contributed by atoms with Gasteiger partial charge in [-0.3, -0.25) is 4.90 Å². The second-order valence-electron chi connectivity index (χ2n) is 4.89. The topological polar surface area (TPSA) is 32.7 Å². The average Bonchev–Trinajstić information content (AvgIpc) is 2.46. The summed E-state index contributed by atoms with van der Waals surface area (Å²) >= 11 is 0. The summed E-state index contributed by atoms with van der Waals surface area (Å²) in [6.45, 7) is 5.76. The van der Waals surface area contributed by atoms with Crippen LogP contribution in [0, 0.1) is 0 Å². The summed E-state index contributed by atoms with van der Waals surface area (Å²) < 4.78 is 5.67.